The number of nitrogens with one attached hydrogen (secondary N) is 1. The third kappa shape index (κ3) is 37.5. The summed E-state index contributed by atoms with van der Waals surface area (Å²) in [5, 5.41) is 23.5. The van der Waals surface area contributed by atoms with Crippen molar-refractivity contribution in [2.45, 2.75) is 277 Å². The molecule has 0 fully saturated rings. The zero-order valence-electron chi connectivity index (χ0n) is 36.4. The highest BCUT2D eigenvalue weighted by Crippen LogP contribution is 2.18. The molecule has 0 aromatic heterocycles. The molecule has 3 N–H and O–H groups in total. The molecule has 3 unspecified atom stereocenters. The van der Waals surface area contributed by atoms with Crippen molar-refractivity contribution in [2.75, 3.05) is 6.61 Å². The maximum absolute atomic E-state index is 13.1. The van der Waals surface area contributed by atoms with Crippen LogP contribution in [0.2, 0.25) is 0 Å². The van der Waals surface area contributed by atoms with Crippen molar-refractivity contribution in [3.05, 3.63) is 12.2 Å². The van der Waals surface area contributed by atoms with E-state index in [1.165, 1.54) is 167 Å². The second-order valence-electron chi connectivity index (χ2n) is 16.5. The molecule has 320 valence electrons. The quantitative estimate of drug-likeness (QED) is 0.0326. The van der Waals surface area contributed by atoms with Gasteiger partial charge in [-0.05, 0) is 51.4 Å². The van der Waals surface area contributed by atoms with Gasteiger partial charge >= 0.3 is 5.97 Å². The number of allylic oxidation sites excluding steroid dienone is 2. The normalized spacial score (nSPS) is 13.4. The Balaban J connectivity index is 4.31. The fourth-order valence-electron chi connectivity index (χ4n) is 7.43. The summed E-state index contributed by atoms with van der Waals surface area (Å²) in [6.45, 7) is 6.43. The van der Waals surface area contributed by atoms with Gasteiger partial charge in [0.15, 0.2) is 0 Å². The Morgan fingerprint density at radius 1 is 0.519 bits per heavy atom. The Kier molecular flexibility index (Phi) is 41.6. The van der Waals surface area contributed by atoms with Crippen LogP contribution in [0.15, 0.2) is 12.2 Å². The molecule has 0 radical (unpaired) electrons. The fraction of sp³-hybridized carbons (Fsp3) is 0.917. The van der Waals surface area contributed by atoms with Crippen molar-refractivity contribution >= 4 is 11.9 Å². The SMILES string of the molecule is CCCCCCCC/C=C/CCCCCCCCCCCC(=O)OC(CCCCCCCCC)CC(=O)NC(CO)C(O)CCCCCCCCCCC. The molecule has 0 aromatic carbocycles. The van der Waals surface area contributed by atoms with E-state index in [4.69, 9.17) is 4.74 Å². The molecule has 0 heterocycles. The van der Waals surface area contributed by atoms with Crippen LogP contribution >= 0.6 is 0 Å². The van der Waals surface area contributed by atoms with Crippen molar-refractivity contribution in [1.29, 1.82) is 0 Å². The van der Waals surface area contributed by atoms with Crippen LogP contribution in [0.5, 0.6) is 0 Å². The predicted molar refractivity (Wildman–Crippen MR) is 232 cm³/mol. The van der Waals surface area contributed by atoms with Gasteiger partial charge in [-0.15, -0.1) is 0 Å². The molecule has 6 heteroatoms. The predicted octanol–water partition coefficient (Wildman–Crippen LogP) is 13.8. The lowest BCUT2D eigenvalue weighted by atomic mass is 10.0. The van der Waals surface area contributed by atoms with Crippen LogP contribution in [0, 0.1) is 0 Å². The van der Waals surface area contributed by atoms with E-state index in [1.54, 1.807) is 0 Å². The molecule has 0 aromatic rings. The van der Waals surface area contributed by atoms with Gasteiger partial charge in [-0.25, -0.2) is 0 Å². The van der Waals surface area contributed by atoms with E-state index in [0.29, 0.717) is 19.3 Å². The Hall–Kier alpha value is -1.40. The summed E-state index contributed by atoms with van der Waals surface area (Å²) in [6, 6.07) is -0.692. The van der Waals surface area contributed by atoms with Crippen LogP contribution in [-0.2, 0) is 14.3 Å². The highest BCUT2D eigenvalue weighted by Gasteiger charge is 2.24. The van der Waals surface area contributed by atoms with Crippen LogP contribution in [-0.4, -0.2) is 46.9 Å². The number of rotatable bonds is 43. The topological polar surface area (TPSA) is 95.9 Å². The molecule has 6 nitrogen and oxygen atoms in total. The first-order valence-electron chi connectivity index (χ1n) is 23.9. The van der Waals surface area contributed by atoms with Gasteiger partial charge in [-0.2, -0.15) is 0 Å². The average molecular weight is 764 g/mol. The number of hydrogen-bond donors (Lipinski definition) is 3. The molecule has 3 atom stereocenters. The maximum atomic E-state index is 13.1. The molecule has 0 saturated heterocycles. The number of esters is 1. The largest absolute Gasteiger partial charge is 0.462 e. The molecule has 54 heavy (non-hydrogen) atoms. The number of ether oxygens (including phenoxy) is 1. The van der Waals surface area contributed by atoms with Crippen molar-refractivity contribution < 1.29 is 24.5 Å². The minimum absolute atomic E-state index is 0.0817. The van der Waals surface area contributed by atoms with Gasteiger partial charge in [0.05, 0.1) is 25.2 Å². The van der Waals surface area contributed by atoms with Crippen LogP contribution in [0.4, 0.5) is 0 Å². The second-order valence-corrected chi connectivity index (χ2v) is 16.5. The van der Waals surface area contributed by atoms with Crippen LogP contribution in [0.3, 0.4) is 0 Å². The molecule has 0 rings (SSSR count). The first-order chi connectivity index (χ1) is 26.5. The lowest BCUT2D eigenvalue weighted by molar-refractivity contribution is -0.151. The number of carbonyl (C=O) groups excluding carboxylic acids is 2. The van der Waals surface area contributed by atoms with E-state index >= 15 is 0 Å². The summed E-state index contributed by atoms with van der Waals surface area (Å²) in [4.78, 5) is 25.9. The summed E-state index contributed by atoms with van der Waals surface area (Å²) >= 11 is 0. The van der Waals surface area contributed by atoms with E-state index in [9.17, 15) is 19.8 Å². The van der Waals surface area contributed by atoms with Crippen molar-refractivity contribution in [1.82, 2.24) is 5.32 Å². The highest BCUT2D eigenvalue weighted by atomic mass is 16.5. The first-order valence-corrected chi connectivity index (χ1v) is 23.9. The smallest absolute Gasteiger partial charge is 0.306 e. The molecular formula is C48H93NO5. The van der Waals surface area contributed by atoms with Gasteiger partial charge in [0.25, 0.3) is 0 Å². The highest BCUT2D eigenvalue weighted by molar-refractivity contribution is 5.77. The Morgan fingerprint density at radius 2 is 0.889 bits per heavy atom. The van der Waals surface area contributed by atoms with Gasteiger partial charge in [0.2, 0.25) is 5.91 Å². The number of hydrogen-bond acceptors (Lipinski definition) is 5. The number of aliphatic hydroxyl groups is 2. The fourth-order valence-corrected chi connectivity index (χ4v) is 7.43. The van der Waals surface area contributed by atoms with E-state index < -0.39 is 18.2 Å². The number of unbranched alkanes of at least 4 members (excludes halogenated alkanes) is 29. The lowest BCUT2D eigenvalue weighted by Gasteiger charge is -2.24. The number of aliphatic hydroxyl groups excluding tert-OH is 2. The van der Waals surface area contributed by atoms with Gasteiger partial charge < -0.3 is 20.3 Å². The van der Waals surface area contributed by atoms with E-state index in [1.807, 2.05) is 0 Å². The van der Waals surface area contributed by atoms with Crippen LogP contribution < -0.4 is 5.32 Å². The zero-order valence-corrected chi connectivity index (χ0v) is 36.4. The van der Waals surface area contributed by atoms with Gasteiger partial charge in [0, 0.05) is 6.42 Å². The van der Waals surface area contributed by atoms with E-state index in [0.717, 1.165) is 44.9 Å². The van der Waals surface area contributed by atoms with Gasteiger partial charge in [0.1, 0.15) is 6.10 Å². The second kappa shape index (κ2) is 42.7. The molecule has 0 aliphatic heterocycles. The first kappa shape index (κ1) is 52.6. The van der Waals surface area contributed by atoms with Crippen molar-refractivity contribution in [2.24, 2.45) is 0 Å². The number of amides is 1. The Morgan fingerprint density at radius 3 is 1.31 bits per heavy atom. The van der Waals surface area contributed by atoms with E-state index in [-0.39, 0.29) is 24.9 Å². The zero-order chi connectivity index (χ0) is 39.6. The summed E-state index contributed by atoms with van der Waals surface area (Å²) in [6.07, 6.45) is 45.8. The Labute approximate surface area is 336 Å². The molecule has 0 aliphatic rings. The monoisotopic (exact) mass is 764 g/mol. The van der Waals surface area contributed by atoms with E-state index in [2.05, 4.69) is 38.2 Å². The third-order valence-electron chi connectivity index (χ3n) is 11.1. The molecule has 0 aliphatic carbocycles. The van der Waals surface area contributed by atoms with Crippen molar-refractivity contribution in [3.8, 4) is 0 Å². The minimum atomic E-state index is -0.778. The van der Waals surface area contributed by atoms with Gasteiger partial charge in [-0.3, -0.25) is 9.59 Å². The molecule has 0 bridgehead atoms. The maximum Gasteiger partial charge on any atom is 0.306 e. The summed E-state index contributed by atoms with van der Waals surface area (Å²) in [5.41, 5.74) is 0. The number of carbonyl (C=O) groups is 2. The Bertz CT molecular complexity index is 817. The minimum Gasteiger partial charge on any atom is -0.462 e. The summed E-state index contributed by atoms with van der Waals surface area (Å²) < 4.78 is 5.88. The summed E-state index contributed by atoms with van der Waals surface area (Å²) in [5.74, 6) is -0.471. The van der Waals surface area contributed by atoms with Crippen molar-refractivity contribution in [3.63, 3.8) is 0 Å². The molecular weight excluding hydrogens is 671 g/mol. The molecule has 0 saturated carbocycles. The van der Waals surface area contributed by atoms with Crippen LogP contribution in [0.25, 0.3) is 0 Å². The molecule has 0 spiro atoms. The summed E-state index contributed by atoms with van der Waals surface area (Å²) in [7, 11) is 0. The molecule has 1 amide bonds. The average Bonchev–Trinajstić information content (AvgIpc) is 3.16. The van der Waals surface area contributed by atoms with Gasteiger partial charge in [-0.1, -0.05) is 206 Å². The third-order valence-corrected chi connectivity index (χ3v) is 11.1. The standard InChI is InChI=1S/C48H93NO5/c1-4-7-10-13-16-18-19-20-21-22-23-24-25-26-27-29-32-35-38-41-48(53)54-44(39-36-33-30-15-12-9-6-3)42-47(52)49-45(43-50)46(51)40-37-34-31-28-17-14-11-8-5-2/h20-21,44-46,50-51H,4-19,22-43H2,1-3H3,(H,49,52)/b21-20+. The van der Waals surface area contributed by atoms with Crippen LogP contribution in [0.1, 0.15) is 258 Å². The lowest BCUT2D eigenvalue weighted by Crippen LogP contribution is -2.46.